The molecule has 3 rings (SSSR count). The Balaban J connectivity index is 1.79. The Morgan fingerprint density at radius 3 is 2.48 bits per heavy atom. The van der Waals surface area contributed by atoms with Crippen LogP contribution in [0, 0.1) is 0 Å². The molecule has 0 spiro atoms. The molecule has 0 radical (unpaired) electrons. The molecule has 5 nitrogen and oxygen atoms in total. The molecule has 0 N–H and O–H groups in total. The van der Waals surface area contributed by atoms with Gasteiger partial charge >= 0.3 is 0 Å². The lowest BCUT2D eigenvalue weighted by Crippen LogP contribution is -2.36. The molecule has 5 heteroatoms. The largest absolute Gasteiger partial charge is 0.497 e. The van der Waals surface area contributed by atoms with E-state index in [-0.39, 0.29) is 12.0 Å². The van der Waals surface area contributed by atoms with Crippen LogP contribution >= 0.6 is 0 Å². The Labute approximate surface area is 138 Å². The number of piperidine rings is 1. The molecular weight excluding hydrogens is 292 g/mol. The lowest BCUT2D eigenvalue weighted by molar-refractivity contribution is 0.0774. The monoisotopic (exact) mass is 318 g/mol. The number of benzene rings is 1. The van der Waals surface area contributed by atoms with Gasteiger partial charge in [-0.2, -0.15) is 0 Å². The Morgan fingerprint density at radius 1 is 1.13 bits per heavy atom. The highest BCUT2D eigenvalue weighted by molar-refractivity contribution is 5.97. The van der Waals surface area contributed by atoms with Gasteiger partial charge in [-0.3, -0.25) is 4.79 Å². The molecule has 2 fully saturated rings. The maximum absolute atomic E-state index is 12.8. The number of likely N-dealkylation sites (tertiary alicyclic amines) is 2. The van der Waals surface area contributed by atoms with Gasteiger partial charge in [-0.15, -0.1) is 0 Å². The molecule has 1 aromatic rings. The van der Waals surface area contributed by atoms with E-state index >= 15 is 0 Å². The van der Waals surface area contributed by atoms with Crippen molar-refractivity contribution in [1.29, 1.82) is 0 Å². The van der Waals surface area contributed by atoms with Gasteiger partial charge < -0.3 is 19.3 Å². The van der Waals surface area contributed by atoms with E-state index in [1.165, 1.54) is 0 Å². The van der Waals surface area contributed by atoms with E-state index in [1.54, 1.807) is 7.11 Å². The molecular formula is C18H26N2O3. The first kappa shape index (κ1) is 16.1. The predicted octanol–water partition coefficient (Wildman–Crippen LogP) is 2.40. The summed E-state index contributed by atoms with van der Waals surface area (Å²) in [6.07, 6.45) is 4.33. The Hall–Kier alpha value is -1.75. The van der Waals surface area contributed by atoms with Gasteiger partial charge in [-0.1, -0.05) is 0 Å². The normalized spacial score (nSPS) is 19.8. The van der Waals surface area contributed by atoms with Crippen molar-refractivity contribution in [3.63, 3.8) is 0 Å². The zero-order chi connectivity index (χ0) is 16.2. The van der Waals surface area contributed by atoms with Gasteiger partial charge in [0.15, 0.2) is 0 Å². The SMILES string of the molecule is COc1ccc(C(=O)N2CCCC2)c(OC2CCN(C)CC2)c1. The average Bonchev–Trinajstić information content (AvgIpc) is 3.11. The number of carbonyl (C=O) groups is 1. The standard InChI is InChI=1S/C18H26N2O3/c1-19-11-7-14(8-12-19)23-17-13-15(22-2)5-6-16(17)18(21)20-9-3-4-10-20/h5-6,13-14H,3-4,7-12H2,1-2H3. The summed E-state index contributed by atoms with van der Waals surface area (Å²) in [5, 5.41) is 0. The van der Waals surface area contributed by atoms with Crippen molar-refractivity contribution in [1.82, 2.24) is 9.80 Å². The maximum Gasteiger partial charge on any atom is 0.257 e. The molecule has 2 aliphatic rings. The molecule has 0 aliphatic carbocycles. The van der Waals surface area contributed by atoms with Crippen molar-refractivity contribution in [3.8, 4) is 11.5 Å². The van der Waals surface area contributed by atoms with Crippen molar-refractivity contribution in [2.45, 2.75) is 31.8 Å². The van der Waals surface area contributed by atoms with Crippen molar-refractivity contribution < 1.29 is 14.3 Å². The van der Waals surface area contributed by atoms with E-state index in [9.17, 15) is 4.79 Å². The summed E-state index contributed by atoms with van der Waals surface area (Å²) in [6.45, 7) is 3.76. The number of rotatable bonds is 4. The summed E-state index contributed by atoms with van der Waals surface area (Å²) in [6, 6.07) is 5.52. The minimum atomic E-state index is 0.0769. The third-order valence-corrected chi connectivity index (χ3v) is 4.77. The smallest absolute Gasteiger partial charge is 0.257 e. The van der Waals surface area contributed by atoms with E-state index in [0.717, 1.165) is 57.6 Å². The second kappa shape index (κ2) is 7.21. The number of methoxy groups -OCH3 is 1. The van der Waals surface area contributed by atoms with E-state index in [4.69, 9.17) is 9.47 Å². The molecule has 1 aromatic carbocycles. The van der Waals surface area contributed by atoms with Crippen LogP contribution in [0.1, 0.15) is 36.0 Å². The second-order valence-electron chi connectivity index (χ2n) is 6.48. The van der Waals surface area contributed by atoms with Gasteiger partial charge in [0.1, 0.15) is 17.6 Å². The number of carbonyl (C=O) groups excluding carboxylic acids is 1. The van der Waals surface area contributed by atoms with Crippen LogP contribution in [0.5, 0.6) is 11.5 Å². The summed E-state index contributed by atoms with van der Waals surface area (Å²) in [4.78, 5) is 17.0. The fourth-order valence-corrected chi connectivity index (χ4v) is 3.28. The van der Waals surface area contributed by atoms with E-state index in [0.29, 0.717) is 11.3 Å². The van der Waals surface area contributed by atoms with Crippen LogP contribution in [0.2, 0.25) is 0 Å². The molecule has 2 aliphatic heterocycles. The van der Waals surface area contributed by atoms with Crippen molar-refractivity contribution in [2.24, 2.45) is 0 Å². The lowest BCUT2D eigenvalue weighted by atomic mass is 10.1. The minimum absolute atomic E-state index is 0.0769. The van der Waals surface area contributed by atoms with Crippen LogP contribution in [0.25, 0.3) is 0 Å². The fraction of sp³-hybridized carbons (Fsp3) is 0.611. The van der Waals surface area contributed by atoms with Crippen LogP contribution in [0.3, 0.4) is 0 Å². The van der Waals surface area contributed by atoms with Crippen LogP contribution in [0.15, 0.2) is 18.2 Å². The molecule has 2 heterocycles. The van der Waals surface area contributed by atoms with E-state index < -0.39 is 0 Å². The molecule has 0 bridgehead atoms. The summed E-state index contributed by atoms with van der Waals surface area (Å²) in [5.74, 6) is 1.47. The van der Waals surface area contributed by atoms with Gasteiger partial charge in [-0.05, 0) is 44.9 Å². The highest BCUT2D eigenvalue weighted by Crippen LogP contribution is 2.29. The highest BCUT2D eigenvalue weighted by atomic mass is 16.5. The zero-order valence-electron chi connectivity index (χ0n) is 14.1. The molecule has 126 valence electrons. The molecule has 2 saturated heterocycles. The summed E-state index contributed by atoms with van der Waals surface area (Å²) < 4.78 is 11.5. The van der Waals surface area contributed by atoms with Crippen LogP contribution in [-0.4, -0.2) is 62.1 Å². The van der Waals surface area contributed by atoms with Gasteiger partial charge in [0.25, 0.3) is 5.91 Å². The van der Waals surface area contributed by atoms with Gasteiger partial charge in [-0.25, -0.2) is 0 Å². The van der Waals surface area contributed by atoms with Crippen molar-refractivity contribution >= 4 is 5.91 Å². The molecule has 0 saturated carbocycles. The second-order valence-corrected chi connectivity index (χ2v) is 6.48. The first-order chi connectivity index (χ1) is 11.2. The summed E-state index contributed by atoms with van der Waals surface area (Å²) in [5.41, 5.74) is 0.659. The molecule has 1 amide bonds. The Kier molecular flexibility index (Phi) is 5.06. The minimum Gasteiger partial charge on any atom is -0.497 e. The average molecular weight is 318 g/mol. The fourth-order valence-electron chi connectivity index (χ4n) is 3.28. The van der Waals surface area contributed by atoms with Crippen molar-refractivity contribution in [2.75, 3.05) is 40.3 Å². The van der Waals surface area contributed by atoms with Crippen LogP contribution < -0.4 is 9.47 Å². The van der Waals surface area contributed by atoms with Crippen LogP contribution in [0.4, 0.5) is 0 Å². The number of hydrogen-bond acceptors (Lipinski definition) is 4. The third-order valence-electron chi connectivity index (χ3n) is 4.77. The number of hydrogen-bond donors (Lipinski definition) is 0. The molecule has 0 unspecified atom stereocenters. The predicted molar refractivity (Wildman–Crippen MR) is 89.3 cm³/mol. The maximum atomic E-state index is 12.8. The molecule has 0 atom stereocenters. The Morgan fingerprint density at radius 2 is 1.83 bits per heavy atom. The van der Waals surface area contributed by atoms with Crippen molar-refractivity contribution in [3.05, 3.63) is 23.8 Å². The zero-order valence-corrected chi connectivity index (χ0v) is 14.1. The first-order valence-corrected chi connectivity index (χ1v) is 8.50. The van der Waals surface area contributed by atoms with E-state index in [1.807, 2.05) is 23.1 Å². The van der Waals surface area contributed by atoms with Gasteiger partial charge in [0.05, 0.1) is 12.7 Å². The highest BCUT2D eigenvalue weighted by Gasteiger charge is 2.25. The number of ether oxygens (including phenoxy) is 2. The quantitative estimate of drug-likeness (QED) is 0.855. The lowest BCUT2D eigenvalue weighted by Gasteiger charge is -2.30. The van der Waals surface area contributed by atoms with Crippen LogP contribution in [-0.2, 0) is 0 Å². The van der Waals surface area contributed by atoms with Gasteiger partial charge in [0.2, 0.25) is 0 Å². The van der Waals surface area contributed by atoms with Gasteiger partial charge in [0, 0.05) is 32.2 Å². The number of nitrogens with zero attached hydrogens (tertiary/aromatic N) is 2. The third kappa shape index (κ3) is 3.78. The summed E-state index contributed by atoms with van der Waals surface area (Å²) in [7, 11) is 3.76. The number of amides is 1. The summed E-state index contributed by atoms with van der Waals surface area (Å²) >= 11 is 0. The first-order valence-electron chi connectivity index (χ1n) is 8.50. The van der Waals surface area contributed by atoms with E-state index in [2.05, 4.69) is 11.9 Å². The molecule has 0 aromatic heterocycles. The molecule has 23 heavy (non-hydrogen) atoms. The topological polar surface area (TPSA) is 42.0 Å². The Bertz CT molecular complexity index is 547.